The average molecular weight is 222 g/mol. The van der Waals surface area contributed by atoms with E-state index < -0.39 is 0 Å². The maximum atomic E-state index is 5.76. The second kappa shape index (κ2) is 5.27. The number of rotatable bonds is 4. The lowest BCUT2D eigenvalue weighted by molar-refractivity contribution is 0.0906. The highest BCUT2D eigenvalue weighted by Gasteiger charge is 2.29. The number of nitrogens with one attached hydrogen (secondary N) is 1. The molecule has 88 valence electrons. The third-order valence-corrected chi connectivity index (χ3v) is 2.98. The summed E-state index contributed by atoms with van der Waals surface area (Å²) in [5.41, 5.74) is 1.14. The summed E-state index contributed by atoms with van der Waals surface area (Å²) < 4.78 is 10.8. The van der Waals surface area contributed by atoms with Gasteiger partial charge in [-0.1, -0.05) is 0 Å². The van der Waals surface area contributed by atoms with Gasteiger partial charge in [-0.3, -0.25) is 0 Å². The van der Waals surface area contributed by atoms with Crippen molar-refractivity contribution < 1.29 is 9.47 Å². The van der Waals surface area contributed by atoms with Crippen LogP contribution in [0.4, 0.5) is 0 Å². The van der Waals surface area contributed by atoms with Crippen LogP contribution in [-0.4, -0.2) is 32.3 Å². The Kier molecular flexibility index (Phi) is 3.74. The van der Waals surface area contributed by atoms with Gasteiger partial charge in [-0.25, -0.2) is 4.98 Å². The summed E-state index contributed by atoms with van der Waals surface area (Å²) in [7, 11) is 3.60. The lowest BCUT2D eigenvalue weighted by Crippen LogP contribution is -2.21. The Balaban J connectivity index is 2.09. The minimum atomic E-state index is 0.172. The van der Waals surface area contributed by atoms with Crippen LogP contribution in [0, 0.1) is 5.92 Å². The number of nitrogens with zero attached hydrogens (tertiary/aromatic N) is 1. The zero-order valence-electron chi connectivity index (χ0n) is 9.77. The van der Waals surface area contributed by atoms with Crippen LogP contribution < -0.4 is 10.1 Å². The molecule has 0 spiro atoms. The van der Waals surface area contributed by atoms with Crippen molar-refractivity contribution >= 4 is 0 Å². The molecule has 2 rings (SSSR count). The van der Waals surface area contributed by atoms with Crippen molar-refractivity contribution in [2.45, 2.75) is 12.5 Å². The molecular formula is C12H18N2O2. The van der Waals surface area contributed by atoms with Gasteiger partial charge in [0.25, 0.3) is 0 Å². The summed E-state index contributed by atoms with van der Waals surface area (Å²) in [6.45, 7) is 1.82. The second-order valence-electron chi connectivity index (χ2n) is 4.03. The first-order valence-electron chi connectivity index (χ1n) is 5.61. The molecule has 4 nitrogen and oxygen atoms in total. The van der Waals surface area contributed by atoms with E-state index in [9.17, 15) is 0 Å². The van der Waals surface area contributed by atoms with Gasteiger partial charge in [0.05, 0.1) is 13.2 Å². The summed E-state index contributed by atoms with van der Waals surface area (Å²) in [6.07, 6.45) is 3.13. The Morgan fingerprint density at radius 2 is 2.44 bits per heavy atom. The Bertz CT molecular complexity index is 326. The molecule has 1 N–H and O–H groups in total. The lowest BCUT2D eigenvalue weighted by Gasteiger charge is -2.18. The van der Waals surface area contributed by atoms with E-state index in [1.54, 1.807) is 7.11 Å². The van der Waals surface area contributed by atoms with E-state index in [1.165, 1.54) is 0 Å². The van der Waals surface area contributed by atoms with Gasteiger partial charge in [0.15, 0.2) is 0 Å². The largest absolute Gasteiger partial charge is 0.481 e. The van der Waals surface area contributed by atoms with E-state index in [0.717, 1.165) is 25.1 Å². The Labute approximate surface area is 96.0 Å². The van der Waals surface area contributed by atoms with Crippen molar-refractivity contribution in [2.75, 3.05) is 27.3 Å². The minimum Gasteiger partial charge on any atom is -0.481 e. The van der Waals surface area contributed by atoms with Gasteiger partial charge in [-0.15, -0.1) is 0 Å². The number of methoxy groups -OCH3 is 1. The molecule has 1 aliphatic heterocycles. The first kappa shape index (κ1) is 11.4. The highest BCUT2D eigenvalue weighted by Crippen LogP contribution is 2.33. The predicted molar refractivity (Wildman–Crippen MR) is 61.5 cm³/mol. The molecule has 0 saturated carbocycles. The van der Waals surface area contributed by atoms with E-state index >= 15 is 0 Å². The summed E-state index contributed by atoms with van der Waals surface area (Å²) in [5, 5.41) is 3.21. The SMILES string of the molecule is CNCC1CCOC1c1ccc(OC)nc1. The van der Waals surface area contributed by atoms with Crippen LogP contribution in [0.3, 0.4) is 0 Å². The van der Waals surface area contributed by atoms with Crippen molar-refractivity contribution in [3.05, 3.63) is 23.9 Å². The first-order chi connectivity index (χ1) is 7.85. The van der Waals surface area contributed by atoms with Crippen LogP contribution >= 0.6 is 0 Å². The number of aromatic nitrogens is 1. The fraction of sp³-hybridized carbons (Fsp3) is 0.583. The summed E-state index contributed by atoms with van der Waals surface area (Å²) >= 11 is 0. The molecule has 0 bridgehead atoms. The van der Waals surface area contributed by atoms with E-state index in [-0.39, 0.29) is 6.10 Å². The van der Waals surface area contributed by atoms with Gasteiger partial charge in [0, 0.05) is 31.3 Å². The predicted octanol–water partition coefficient (Wildman–Crippen LogP) is 1.39. The normalized spacial score (nSPS) is 24.6. The molecule has 16 heavy (non-hydrogen) atoms. The van der Waals surface area contributed by atoms with Gasteiger partial charge >= 0.3 is 0 Å². The zero-order chi connectivity index (χ0) is 11.4. The van der Waals surface area contributed by atoms with Crippen LogP contribution in [0.5, 0.6) is 5.88 Å². The maximum Gasteiger partial charge on any atom is 0.212 e. The minimum absolute atomic E-state index is 0.172. The fourth-order valence-electron chi connectivity index (χ4n) is 2.15. The summed E-state index contributed by atoms with van der Waals surface area (Å²) in [6, 6.07) is 3.91. The summed E-state index contributed by atoms with van der Waals surface area (Å²) in [5.74, 6) is 1.19. The zero-order valence-corrected chi connectivity index (χ0v) is 9.77. The topological polar surface area (TPSA) is 43.4 Å². The molecule has 1 aromatic heterocycles. The standard InChI is InChI=1S/C12H18N2O2/c1-13-7-10-5-6-16-12(10)9-3-4-11(15-2)14-8-9/h3-4,8,10,12-13H,5-7H2,1-2H3. The smallest absolute Gasteiger partial charge is 0.212 e. The molecule has 1 saturated heterocycles. The van der Waals surface area contributed by atoms with Gasteiger partial charge in [-0.2, -0.15) is 0 Å². The van der Waals surface area contributed by atoms with Crippen LogP contribution in [0.2, 0.25) is 0 Å². The Morgan fingerprint density at radius 3 is 3.06 bits per heavy atom. The fourth-order valence-corrected chi connectivity index (χ4v) is 2.15. The van der Waals surface area contributed by atoms with Gasteiger partial charge in [0.2, 0.25) is 5.88 Å². The maximum absolute atomic E-state index is 5.76. The monoisotopic (exact) mass is 222 g/mol. The molecular weight excluding hydrogens is 204 g/mol. The third kappa shape index (κ3) is 2.33. The van der Waals surface area contributed by atoms with Gasteiger partial charge < -0.3 is 14.8 Å². The van der Waals surface area contributed by atoms with Crippen LogP contribution in [0.15, 0.2) is 18.3 Å². The highest BCUT2D eigenvalue weighted by molar-refractivity contribution is 5.21. The molecule has 1 fully saturated rings. The van der Waals surface area contributed by atoms with Crippen molar-refractivity contribution in [2.24, 2.45) is 5.92 Å². The van der Waals surface area contributed by atoms with Gasteiger partial charge in [0.1, 0.15) is 0 Å². The molecule has 0 radical (unpaired) electrons. The Morgan fingerprint density at radius 1 is 1.56 bits per heavy atom. The van der Waals surface area contributed by atoms with Crippen LogP contribution in [0.1, 0.15) is 18.1 Å². The molecule has 1 aromatic rings. The number of pyridine rings is 1. The molecule has 0 aromatic carbocycles. The van der Waals surface area contributed by atoms with Crippen molar-refractivity contribution in [3.63, 3.8) is 0 Å². The average Bonchev–Trinajstić information content (AvgIpc) is 2.78. The number of ether oxygens (including phenoxy) is 2. The van der Waals surface area contributed by atoms with Crippen LogP contribution in [-0.2, 0) is 4.74 Å². The quantitative estimate of drug-likeness (QED) is 0.836. The molecule has 1 aliphatic rings. The number of hydrogen-bond donors (Lipinski definition) is 1. The summed E-state index contributed by atoms with van der Waals surface area (Å²) in [4.78, 5) is 4.21. The van der Waals surface area contributed by atoms with E-state index in [2.05, 4.69) is 10.3 Å². The van der Waals surface area contributed by atoms with Crippen molar-refractivity contribution in [1.29, 1.82) is 0 Å². The molecule has 4 heteroatoms. The number of hydrogen-bond acceptors (Lipinski definition) is 4. The van der Waals surface area contributed by atoms with Crippen LogP contribution in [0.25, 0.3) is 0 Å². The van der Waals surface area contributed by atoms with E-state index in [4.69, 9.17) is 9.47 Å². The van der Waals surface area contributed by atoms with Crippen molar-refractivity contribution in [3.8, 4) is 5.88 Å². The first-order valence-corrected chi connectivity index (χ1v) is 5.61. The molecule has 2 unspecified atom stereocenters. The Hall–Kier alpha value is -1.13. The second-order valence-corrected chi connectivity index (χ2v) is 4.03. The van der Waals surface area contributed by atoms with E-state index in [0.29, 0.717) is 11.8 Å². The van der Waals surface area contributed by atoms with Crippen molar-refractivity contribution in [1.82, 2.24) is 10.3 Å². The molecule has 2 heterocycles. The van der Waals surface area contributed by atoms with Gasteiger partial charge in [-0.05, 0) is 25.1 Å². The van der Waals surface area contributed by atoms with E-state index in [1.807, 2.05) is 25.4 Å². The molecule has 0 amide bonds. The molecule has 2 atom stereocenters. The highest BCUT2D eigenvalue weighted by atomic mass is 16.5. The third-order valence-electron chi connectivity index (χ3n) is 2.98. The molecule has 0 aliphatic carbocycles. The lowest BCUT2D eigenvalue weighted by atomic mass is 9.96.